The third-order valence-corrected chi connectivity index (χ3v) is 3.40. The third kappa shape index (κ3) is 0.964. The molecule has 0 aromatic rings. The van der Waals surface area contributed by atoms with Gasteiger partial charge in [-0.25, -0.2) is 0 Å². The largest absolute Gasteiger partial charge is 0.350 e. The summed E-state index contributed by atoms with van der Waals surface area (Å²) in [6, 6.07) is 2.24. The van der Waals surface area contributed by atoms with E-state index in [0.29, 0.717) is 5.92 Å². The summed E-state index contributed by atoms with van der Waals surface area (Å²) in [5.74, 6) is 0.649. The quantitative estimate of drug-likeness (QED) is 0.559. The monoisotopic (exact) mass is 165 g/mol. The summed E-state index contributed by atoms with van der Waals surface area (Å²) in [7, 11) is 0. The van der Waals surface area contributed by atoms with Crippen molar-refractivity contribution in [3.63, 3.8) is 0 Å². The van der Waals surface area contributed by atoms with Crippen molar-refractivity contribution in [1.29, 1.82) is 5.26 Å². The Kier molecular flexibility index (Phi) is 1.84. The molecule has 0 bridgehead atoms. The van der Waals surface area contributed by atoms with Crippen LogP contribution in [-0.4, -0.2) is 11.7 Å². The average molecular weight is 165 g/mol. The first-order valence-corrected chi connectivity index (χ1v) is 4.91. The smallest absolute Gasteiger partial charge is 0.173 e. The van der Waals surface area contributed by atoms with Crippen LogP contribution in [0.15, 0.2) is 0 Å². The lowest BCUT2D eigenvalue weighted by molar-refractivity contribution is 0.155. The highest BCUT2D eigenvalue weighted by atomic mass is 16.6. The summed E-state index contributed by atoms with van der Waals surface area (Å²) < 4.78 is 5.54. The first-order valence-electron chi connectivity index (χ1n) is 4.91. The van der Waals surface area contributed by atoms with Gasteiger partial charge in [0, 0.05) is 0 Å². The van der Waals surface area contributed by atoms with E-state index in [-0.39, 0.29) is 11.7 Å². The van der Waals surface area contributed by atoms with Gasteiger partial charge in [-0.2, -0.15) is 5.26 Å². The van der Waals surface area contributed by atoms with E-state index in [1.807, 2.05) is 0 Å². The number of hydrogen-bond acceptors (Lipinski definition) is 2. The Bertz CT molecular complexity index is 220. The van der Waals surface area contributed by atoms with E-state index in [1.54, 1.807) is 0 Å². The lowest BCUT2D eigenvalue weighted by Gasteiger charge is -2.27. The summed E-state index contributed by atoms with van der Waals surface area (Å²) in [5, 5.41) is 8.76. The van der Waals surface area contributed by atoms with Gasteiger partial charge in [0.05, 0.1) is 6.07 Å². The summed E-state index contributed by atoms with van der Waals surface area (Å²) >= 11 is 0. The van der Waals surface area contributed by atoms with Crippen LogP contribution in [0.5, 0.6) is 0 Å². The Hall–Kier alpha value is -0.550. The zero-order valence-electron chi connectivity index (χ0n) is 7.55. The van der Waals surface area contributed by atoms with E-state index in [0.717, 1.165) is 12.8 Å². The fourth-order valence-electron chi connectivity index (χ4n) is 2.61. The molecule has 2 rings (SSSR count). The van der Waals surface area contributed by atoms with Gasteiger partial charge < -0.3 is 4.74 Å². The number of nitrogens with zero attached hydrogens (tertiary/aromatic N) is 1. The van der Waals surface area contributed by atoms with Crippen LogP contribution < -0.4 is 0 Å². The van der Waals surface area contributed by atoms with Crippen LogP contribution in [0.2, 0.25) is 0 Å². The van der Waals surface area contributed by atoms with Crippen molar-refractivity contribution in [3.8, 4) is 6.07 Å². The highest BCUT2D eigenvalue weighted by Gasteiger charge is 2.61. The molecule has 0 amide bonds. The lowest BCUT2D eigenvalue weighted by atomic mass is 9.76. The Morgan fingerprint density at radius 2 is 2.42 bits per heavy atom. The van der Waals surface area contributed by atoms with Gasteiger partial charge in [-0.1, -0.05) is 26.2 Å². The van der Waals surface area contributed by atoms with Crippen LogP contribution in [0.3, 0.4) is 0 Å². The zero-order chi connectivity index (χ0) is 8.60. The highest BCUT2D eigenvalue weighted by Crippen LogP contribution is 2.52. The Balaban J connectivity index is 2.08. The number of rotatable bonds is 1. The van der Waals surface area contributed by atoms with Crippen LogP contribution in [0, 0.1) is 17.2 Å². The number of epoxide rings is 1. The molecule has 1 spiro atoms. The van der Waals surface area contributed by atoms with Gasteiger partial charge >= 0.3 is 0 Å². The fraction of sp³-hybridized carbons (Fsp3) is 0.900. The van der Waals surface area contributed by atoms with Crippen LogP contribution in [0.25, 0.3) is 0 Å². The SMILES string of the molecule is CCC1CCCCC12OC2C#N. The minimum Gasteiger partial charge on any atom is -0.350 e. The minimum atomic E-state index is -0.0808. The zero-order valence-corrected chi connectivity index (χ0v) is 7.55. The van der Waals surface area contributed by atoms with Crippen molar-refractivity contribution in [2.24, 2.45) is 5.92 Å². The second kappa shape index (κ2) is 2.74. The molecule has 2 aliphatic rings. The average Bonchev–Trinajstić information content (AvgIpc) is 2.81. The summed E-state index contributed by atoms with van der Waals surface area (Å²) in [6.45, 7) is 2.20. The van der Waals surface area contributed by atoms with Gasteiger partial charge in [0.2, 0.25) is 0 Å². The molecule has 0 aromatic heterocycles. The van der Waals surface area contributed by atoms with E-state index in [1.165, 1.54) is 19.3 Å². The maximum absolute atomic E-state index is 8.76. The van der Waals surface area contributed by atoms with Gasteiger partial charge in [0.1, 0.15) is 5.60 Å². The molecule has 2 nitrogen and oxygen atoms in total. The molecule has 66 valence electrons. The van der Waals surface area contributed by atoms with E-state index in [2.05, 4.69) is 13.0 Å². The van der Waals surface area contributed by atoms with Crippen molar-refractivity contribution in [3.05, 3.63) is 0 Å². The van der Waals surface area contributed by atoms with Crippen LogP contribution in [0.4, 0.5) is 0 Å². The molecule has 1 aliphatic carbocycles. The van der Waals surface area contributed by atoms with Crippen LogP contribution in [0.1, 0.15) is 39.0 Å². The third-order valence-electron chi connectivity index (χ3n) is 3.40. The Morgan fingerprint density at radius 1 is 1.58 bits per heavy atom. The molecule has 1 saturated heterocycles. The van der Waals surface area contributed by atoms with Crippen LogP contribution >= 0.6 is 0 Å². The molecule has 3 atom stereocenters. The van der Waals surface area contributed by atoms with Gasteiger partial charge in [-0.3, -0.25) is 0 Å². The van der Waals surface area contributed by atoms with Crippen LogP contribution in [-0.2, 0) is 4.74 Å². The molecule has 0 aromatic carbocycles. The Morgan fingerprint density at radius 3 is 3.00 bits per heavy atom. The maximum Gasteiger partial charge on any atom is 0.173 e. The minimum absolute atomic E-state index is 0.00174. The van der Waals surface area contributed by atoms with Gasteiger partial charge in [-0.15, -0.1) is 0 Å². The first kappa shape index (κ1) is 8.07. The second-order valence-corrected chi connectivity index (χ2v) is 3.93. The topological polar surface area (TPSA) is 36.3 Å². The van der Waals surface area contributed by atoms with E-state index in [9.17, 15) is 0 Å². The number of hydrogen-bond donors (Lipinski definition) is 0. The predicted molar refractivity (Wildman–Crippen MR) is 45.5 cm³/mol. The molecule has 1 aliphatic heterocycles. The normalized spacial score (nSPS) is 45.7. The molecule has 3 unspecified atom stereocenters. The Labute approximate surface area is 73.5 Å². The van der Waals surface area contributed by atoms with Gasteiger partial charge in [0.25, 0.3) is 0 Å². The second-order valence-electron chi connectivity index (χ2n) is 3.93. The van der Waals surface area contributed by atoms with Crippen molar-refractivity contribution in [2.45, 2.75) is 50.7 Å². The first-order chi connectivity index (χ1) is 5.83. The van der Waals surface area contributed by atoms with Crippen molar-refractivity contribution in [1.82, 2.24) is 0 Å². The summed E-state index contributed by atoms with van der Waals surface area (Å²) in [4.78, 5) is 0. The molecular formula is C10H15NO. The number of ether oxygens (including phenoxy) is 1. The molecular weight excluding hydrogens is 150 g/mol. The molecule has 12 heavy (non-hydrogen) atoms. The van der Waals surface area contributed by atoms with E-state index in [4.69, 9.17) is 10.00 Å². The summed E-state index contributed by atoms with van der Waals surface area (Å²) in [5.41, 5.74) is 0.00174. The van der Waals surface area contributed by atoms with Crippen molar-refractivity contribution >= 4 is 0 Å². The molecule has 2 fully saturated rings. The molecule has 2 heteroatoms. The van der Waals surface area contributed by atoms with Gasteiger partial charge in [-0.05, 0) is 18.8 Å². The van der Waals surface area contributed by atoms with E-state index < -0.39 is 0 Å². The maximum atomic E-state index is 8.76. The van der Waals surface area contributed by atoms with Crippen molar-refractivity contribution in [2.75, 3.05) is 0 Å². The van der Waals surface area contributed by atoms with Gasteiger partial charge in [0.15, 0.2) is 6.10 Å². The fourth-order valence-corrected chi connectivity index (χ4v) is 2.61. The van der Waals surface area contributed by atoms with Crippen molar-refractivity contribution < 1.29 is 4.74 Å². The lowest BCUT2D eigenvalue weighted by Crippen LogP contribution is -2.29. The molecule has 1 saturated carbocycles. The predicted octanol–water partition coefficient (Wildman–Crippen LogP) is 2.25. The summed E-state index contributed by atoms with van der Waals surface area (Å²) in [6.07, 6.45) is 6.02. The number of nitriles is 1. The molecule has 0 N–H and O–H groups in total. The molecule has 0 radical (unpaired) electrons. The standard InChI is InChI=1S/C10H15NO/c1-2-8-5-3-4-6-10(8)9(7-11)12-10/h8-9H,2-6H2,1H3. The van der Waals surface area contributed by atoms with E-state index >= 15 is 0 Å². The highest BCUT2D eigenvalue weighted by molar-refractivity contribution is 5.17. The molecule has 1 heterocycles.